The number of aromatic nitrogens is 1. The molecule has 0 radical (unpaired) electrons. The molecule has 1 aromatic rings. The van der Waals surface area contributed by atoms with E-state index in [0.29, 0.717) is 30.0 Å². The number of fused-ring (bicyclic) bond motifs is 3. The van der Waals surface area contributed by atoms with Gasteiger partial charge in [0.2, 0.25) is 11.4 Å². The monoisotopic (exact) mass is 386 g/mol. The van der Waals surface area contributed by atoms with Gasteiger partial charge in [-0.1, -0.05) is 13.3 Å². The van der Waals surface area contributed by atoms with Crippen LogP contribution < -0.4 is 4.48 Å². The Morgan fingerprint density at radius 2 is 2.00 bits per heavy atom. The van der Waals surface area contributed by atoms with E-state index in [-0.39, 0.29) is 10.5 Å². The fraction of sp³-hybridized carbons (Fsp3) is 0.571. The number of aliphatic carboxylic acids is 1. The molecule has 0 spiro atoms. The van der Waals surface area contributed by atoms with Crippen molar-refractivity contribution in [1.82, 2.24) is 14.4 Å². The van der Waals surface area contributed by atoms with Gasteiger partial charge in [-0.15, -0.1) is 0 Å². The lowest BCUT2D eigenvalue weighted by atomic mass is 9.89. The number of amides is 1. The summed E-state index contributed by atoms with van der Waals surface area (Å²) < 4.78 is -0.0729. The van der Waals surface area contributed by atoms with Crippen LogP contribution in [-0.4, -0.2) is 63.7 Å². The summed E-state index contributed by atoms with van der Waals surface area (Å²) in [4.78, 5) is 32.6. The number of carbonyl (C=O) groups excluding carboxylic acids is 1. The number of aliphatic hydroxyl groups is 1. The molecule has 7 heteroatoms. The molecule has 0 aromatic carbocycles. The van der Waals surface area contributed by atoms with E-state index in [1.807, 2.05) is 0 Å². The lowest BCUT2D eigenvalue weighted by molar-refractivity contribution is -0.139. The molecule has 3 unspecified atom stereocenters. The molecule has 2 saturated heterocycles. The molecule has 2 bridgehead atoms. The Balaban J connectivity index is 1.90. The molecule has 1 amide bonds. The number of nitrogens with zero attached hydrogens (tertiary/aromatic N) is 3. The first-order valence-electron chi connectivity index (χ1n) is 10.2. The minimum absolute atomic E-state index is 0.0242. The average molecular weight is 386 g/mol. The summed E-state index contributed by atoms with van der Waals surface area (Å²) in [5.41, 5.74) is -0.121. The number of pyridine rings is 1. The number of rotatable bonds is 5. The number of piperidine rings is 1. The van der Waals surface area contributed by atoms with Gasteiger partial charge in [-0.05, 0) is 38.4 Å². The topological polar surface area (TPSA) is 90.7 Å². The lowest BCUT2D eigenvalue weighted by Crippen LogP contribution is -2.67. The standard InChI is InChI=1S/C21H27N3O4/c1-3-4-10-24(15-11-13-7-8-14(12-15)23(13)2)19-16(6-5-9-22-19)18(25)17(20(24)26)21(27)28/h5-6,9,13-15H,3-4,7-8,10-12H2,1-2H3,(H-,25,26,27,28)/p+1. The summed E-state index contributed by atoms with van der Waals surface area (Å²) in [5.74, 6) is -1.83. The minimum Gasteiger partial charge on any atom is -0.506 e. The highest BCUT2D eigenvalue weighted by Gasteiger charge is 2.58. The molecule has 3 atom stereocenters. The van der Waals surface area contributed by atoms with Gasteiger partial charge in [0.1, 0.15) is 6.04 Å². The van der Waals surface area contributed by atoms with Crippen LogP contribution in [-0.2, 0) is 9.59 Å². The Morgan fingerprint density at radius 3 is 2.61 bits per heavy atom. The van der Waals surface area contributed by atoms with Gasteiger partial charge < -0.3 is 10.2 Å². The van der Waals surface area contributed by atoms with Gasteiger partial charge in [-0.3, -0.25) is 4.90 Å². The number of unbranched alkanes of at least 4 members (excludes halogenated alkanes) is 1. The Hall–Kier alpha value is -2.25. The SMILES string of the molecule is CCCC[N+]1(C2CC3CCC(C2)N3C)C(=O)C(C(=O)O)=C(O)c2cccnc21. The molecule has 0 aliphatic carbocycles. The van der Waals surface area contributed by atoms with Crippen molar-refractivity contribution < 1.29 is 19.8 Å². The highest BCUT2D eigenvalue weighted by atomic mass is 16.4. The zero-order chi connectivity index (χ0) is 20.1. The molecular weight excluding hydrogens is 358 g/mol. The number of carboxylic acid groups (broad SMARTS) is 1. The van der Waals surface area contributed by atoms with Crippen molar-refractivity contribution in [3.63, 3.8) is 0 Å². The maximum absolute atomic E-state index is 13.7. The van der Waals surface area contributed by atoms with Crippen molar-refractivity contribution in [2.75, 3.05) is 13.6 Å². The predicted molar refractivity (Wildman–Crippen MR) is 106 cm³/mol. The van der Waals surface area contributed by atoms with Crippen LogP contribution in [0, 0.1) is 0 Å². The average Bonchev–Trinajstić information content (AvgIpc) is 2.89. The van der Waals surface area contributed by atoms with E-state index in [9.17, 15) is 19.8 Å². The second kappa shape index (κ2) is 6.97. The fourth-order valence-electron chi connectivity index (χ4n) is 5.50. The smallest absolute Gasteiger partial charge is 0.363 e. The van der Waals surface area contributed by atoms with E-state index >= 15 is 0 Å². The van der Waals surface area contributed by atoms with Crippen molar-refractivity contribution in [3.05, 3.63) is 29.5 Å². The molecule has 7 nitrogen and oxygen atoms in total. The quantitative estimate of drug-likeness (QED) is 0.597. The van der Waals surface area contributed by atoms with Gasteiger partial charge in [0.25, 0.3) is 0 Å². The Labute approximate surface area is 164 Å². The van der Waals surface area contributed by atoms with Gasteiger partial charge in [-0.2, -0.15) is 0 Å². The van der Waals surface area contributed by atoms with Crippen LogP contribution >= 0.6 is 0 Å². The van der Waals surface area contributed by atoms with Crippen LogP contribution in [0.4, 0.5) is 5.82 Å². The molecule has 0 saturated carbocycles. The third-order valence-electron chi connectivity index (χ3n) is 7.01. The van der Waals surface area contributed by atoms with Crippen molar-refractivity contribution in [1.29, 1.82) is 0 Å². The molecule has 3 aliphatic heterocycles. The predicted octanol–water partition coefficient (Wildman–Crippen LogP) is 2.71. The first-order valence-corrected chi connectivity index (χ1v) is 10.2. The zero-order valence-corrected chi connectivity index (χ0v) is 16.5. The largest absolute Gasteiger partial charge is 0.506 e. The Kier molecular flexibility index (Phi) is 4.75. The van der Waals surface area contributed by atoms with Crippen molar-refractivity contribution in [2.45, 2.75) is 63.6 Å². The molecule has 1 aromatic heterocycles. The van der Waals surface area contributed by atoms with E-state index in [2.05, 4.69) is 23.9 Å². The van der Waals surface area contributed by atoms with Gasteiger partial charge in [-0.25, -0.2) is 19.1 Å². The van der Waals surface area contributed by atoms with Gasteiger partial charge in [0, 0.05) is 31.1 Å². The van der Waals surface area contributed by atoms with Crippen LogP contribution in [0.5, 0.6) is 0 Å². The molecule has 3 aliphatic rings. The minimum atomic E-state index is -1.37. The summed E-state index contributed by atoms with van der Waals surface area (Å²) in [6, 6.07) is 4.15. The number of aliphatic hydroxyl groups excluding tert-OH is 1. The van der Waals surface area contributed by atoms with E-state index in [4.69, 9.17) is 0 Å². The van der Waals surface area contributed by atoms with Crippen molar-refractivity contribution in [3.8, 4) is 0 Å². The maximum Gasteiger partial charge on any atom is 0.363 e. The second-order valence-electron chi connectivity index (χ2n) is 8.33. The first-order chi connectivity index (χ1) is 13.4. The molecular formula is C21H28N3O4+. The number of carboxylic acids is 1. The summed E-state index contributed by atoms with van der Waals surface area (Å²) in [6.45, 7) is 2.57. The highest BCUT2D eigenvalue weighted by Crippen LogP contribution is 2.46. The molecule has 28 heavy (non-hydrogen) atoms. The lowest BCUT2D eigenvalue weighted by Gasteiger charge is -2.48. The molecule has 150 valence electrons. The van der Waals surface area contributed by atoms with Crippen LogP contribution in [0.3, 0.4) is 0 Å². The van der Waals surface area contributed by atoms with Crippen LogP contribution in [0.25, 0.3) is 5.76 Å². The Morgan fingerprint density at radius 1 is 1.32 bits per heavy atom. The van der Waals surface area contributed by atoms with Crippen LogP contribution in [0.1, 0.15) is 51.0 Å². The molecule has 4 rings (SSSR count). The summed E-state index contributed by atoms with van der Waals surface area (Å²) in [5, 5.41) is 20.3. The molecule has 2 fully saturated rings. The van der Waals surface area contributed by atoms with E-state index in [1.54, 1.807) is 18.3 Å². The summed E-state index contributed by atoms with van der Waals surface area (Å²) in [7, 11) is 2.15. The number of carbonyl (C=O) groups is 2. The normalized spacial score (nSPS) is 32.5. The second-order valence-corrected chi connectivity index (χ2v) is 8.33. The van der Waals surface area contributed by atoms with Crippen LogP contribution in [0.15, 0.2) is 23.9 Å². The maximum atomic E-state index is 13.7. The molecule has 4 heterocycles. The summed E-state index contributed by atoms with van der Waals surface area (Å²) >= 11 is 0. The third kappa shape index (κ3) is 2.60. The number of hydrogen-bond donors (Lipinski definition) is 2. The fourth-order valence-corrected chi connectivity index (χ4v) is 5.50. The van der Waals surface area contributed by atoms with E-state index < -0.39 is 23.2 Å². The van der Waals surface area contributed by atoms with E-state index in [1.165, 1.54) is 0 Å². The third-order valence-corrected chi connectivity index (χ3v) is 7.01. The zero-order valence-electron chi connectivity index (χ0n) is 16.5. The highest BCUT2D eigenvalue weighted by molar-refractivity contribution is 6.25. The molecule has 2 N–H and O–H groups in total. The van der Waals surface area contributed by atoms with Crippen molar-refractivity contribution in [2.24, 2.45) is 0 Å². The number of hydrogen-bond acceptors (Lipinski definition) is 5. The number of quaternary nitrogens is 1. The van der Waals surface area contributed by atoms with Crippen molar-refractivity contribution >= 4 is 23.5 Å². The first kappa shape index (κ1) is 19.1. The van der Waals surface area contributed by atoms with Gasteiger partial charge in [0.05, 0.1) is 12.1 Å². The van der Waals surface area contributed by atoms with E-state index in [0.717, 1.165) is 38.5 Å². The van der Waals surface area contributed by atoms with Crippen LogP contribution in [0.2, 0.25) is 0 Å². The summed E-state index contributed by atoms with van der Waals surface area (Å²) in [6.07, 6.45) is 7.22. The Bertz CT molecular complexity index is 838. The van der Waals surface area contributed by atoms with Gasteiger partial charge >= 0.3 is 11.9 Å². The van der Waals surface area contributed by atoms with Gasteiger partial charge in [0.15, 0.2) is 5.76 Å².